The number of hydrogen-bond acceptors (Lipinski definition) is 4. The lowest BCUT2D eigenvalue weighted by molar-refractivity contribution is 0.270. The van der Waals surface area contributed by atoms with Gasteiger partial charge in [0, 0.05) is 24.8 Å². The summed E-state index contributed by atoms with van der Waals surface area (Å²) in [6.45, 7) is 3.67. The van der Waals surface area contributed by atoms with Gasteiger partial charge in [-0.25, -0.2) is 13.1 Å². The Balaban J connectivity index is 1.53. The third-order valence-electron chi connectivity index (χ3n) is 3.97. The Morgan fingerprint density at radius 3 is 2.75 bits per heavy atom. The normalized spacial score (nSPS) is 26.4. The molecule has 2 saturated carbocycles. The summed E-state index contributed by atoms with van der Waals surface area (Å²) in [5.74, 6) is 0.624. The zero-order chi connectivity index (χ0) is 14.2. The standard InChI is InChI=1S/C13H22N4O2S/c1-10-6-12(7-10)16-20(18,19)13-8-15-17(9-13)5-4-14-11-2-3-11/h8-12,14,16H,2-7H2,1H3. The molecular weight excluding hydrogens is 276 g/mol. The minimum atomic E-state index is -3.41. The second kappa shape index (κ2) is 5.46. The van der Waals surface area contributed by atoms with Gasteiger partial charge in [-0.05, 0) is 31.6 Å². The quantitative estimate of drug-likeness (QED) is 0.777. The molecule has 20 heavy (non-hydrogen) atoms. The zero-order valence-corrected chi connectivity index (χ0v) is 12.6. The molecule has 2 fully saturated rings. The smallest absolute Gasteiger partial charge is 0.243 e. The Morgan fingerprint density at radius 1 is 1.35 bits per heavy atom. The molecule has 6 nitrogen and oxygen atoms in total. The van der Waals surface area contributed by atoms with Gasteiger partial charge in [-0.3, -0.25) is 4.68 Å². The molecule has 0 aliphatic heterocycles. The van der Waals surface area contributed by atoms with E-state index in [4.69, 9.17) is 0 Å². The molecule has 0 unspecified atom stereocenters. The minimum Gasteiger partial charge on any atom is -0.312 e. The SMILES string of the molecule is CC1CC(NS(=O)(=O)c2cnn(CCNC3CC3)c2)C1. The Hall–Kier alpha value is -0.920. The highest BCUT2D eigenvalue weighted by Crippen LogP contribution is 2.27. The number of nitrogens with one attached hydrogen (secondary N) is 2. The summed E-state index contributed by atoms with van der Waals surface area (Å²) in [6, 6.07) is 0.755. The molecular formula is C13H22N4O2S. The number of sulfonamides is 1. The van der Waals surface area contributed by atoms with E-state index >= 15 is 0 Å². The van der Waals surface area contributed by atoms with Gasteiger partial charge in [-0.15, -0.1) is 0 Å². The van der Waals surface area contributed by atoms with E-state index in [1.165, 1.54) is 19.0 Å². The number of hydrogen-bond donors (Lipinski definition) is 2. The molecule has 1 heterocycles. The first-order valence-electron chi connectivity index (χ1n) is 7.31. The van der Waals surface area contributed by atoms with Gasteiger partial charge in [-0.2, -0.15) is 5.10 Å². The van der Waals surface area contributed by atoms with Crippen LogP contribution in [0.1, 0.15) is 32.6 Å². The van der Waals surface area contributed by atoms with Crippen molar-refractivity contribution in [1.29, 1.82) is 0 Å². The lowest BCUT2D eigenvalue weighted by Gasteiger charge is -2.32. The average Bonchev–Trinajstić information content (AvgIpc) is 3.03. The van der Waals surface area contributed by atoms with Crippen LogP contribution < -0.4 is 10.0 Å². The predicted octanol–water partition coefficient (Wildman–Crippen LogP) is 0.712. The number of rotatable bonds is 7. The Labute approximate surface area is 120 Å². The van der Waals surface area contributed by atoms with Gasteiger partial charge in [-0.1, -0.05) is 6.92 Å². The molecule has 0 bridgehead atoms. The molecule has 0 radical (unpaired) electrons. The first kappa shape index (κ1) is 14.0. The van der Waals surface area contributed by atoms with Crippen LogP contribution in [0.4, 0.5) is 0 Å². The summed E-state index contributed by atoms with van der Waals surface area (Å²) < 4.78 is 28.8. The molecule has 0 amide bonds. The van der Waals surface area contributed by atoms with E-state index in [-0.39, 0.29) is 10.9 Å². The van der Waals surface area contributed by atoms with E-state index in [9.17, 15) is 8.42 Å². The molecule has 112 valence electrons. The summed E-state index contributed by atoms with van der Waals surface area (Å²) in [4.78, 5) is 0.267. The van der Waals surface area contributed by atoms with E-state index in [2.05, 4.69) is 22.1 Å². The molecule has 7 heteroatoms. The average molecular weight is 298 g/mol. The van der Waals surface area contributed by atoms with Crippen molar-refractivity contribution in [1.82, 2.24) is 19.8 Å². The van der Waals surface area contributed by atoms with Gasteiger partial charge in [0.15, 0.2) is 0 Å². The molecule has 0 saturated heterocycles. The van der Waals surface area contributed by atoms with E-state index in [1.807, 2.05) is 0 Å². The van der Waals surface area contributed by atoms with Crippen molar-refractivity contribution >= 4 is 10.0 Å². The van der Waals surface area contributed by atoms with Crippen molar-refractivity contribution in [2.75, 3.05) is 6.54 Å². The van der Waals surface area contributed by atoms with Crippen LogP contribution in [-0.2, 0) is 16.6 Å². The van der Waals surface area contributed by atoms with Crippen LogP contribution in [0.3, 0.4) is 0 Å². The van der Waals surface area contributed by atoms with Crippen molar-refractivity contribution < 1.29 is 8.42 Å². The van der Waals surface area contributed by atoms with Crippen molar-refractivity contribution in [3.05, 3.63) is 12.4 Å². The minimum absolute atomic E-state index is 0.0925. The maximum atomic E-state index is 12.2. The first-order valence-corrected chi connectivity index (χ1v) is 8.79. The lowest BCUT2D eigenvalue weighted by atomic mass is 9.83. The monoisotopic (exact) mass is 298 g/mol. The molecule has 0 spiro atoms. The topological polar surface area (TPSA) is 76.0 Å². The Kier molecular flexibility index (Phi) is 3.83. The highest BCUT2D eigenvalue weighted by atomic mass is 32.2. The largest absolute Gasteiger partial charge is 0.312 e. The van der Waals surface area contributed by atoms with Crippen LogP contribution in [-0.4, -0.2) is 36.8 Å². The summed E-state index contributed by atoms with van der Waals surface area (Å²) >= 11 is 0. The van der Waals surface area contributed by atoms with Crippen molar-refractivity contribution in [2.24, 2.45) is 5.92 Å². The maximum absolute atomic E-state index is 12.2. The maximum Gasteiger partial charge on any atom is 0.243 e. The molecule has 0 atom stereocenters. The third kappa shape index (κ3) is 3.39. The fourth-order valence-corrected chi connectivity index (χ4v) is 3.78. The van der Waals surface area contributed by atoms with Gasteiger partial charge in [0.1, 0.15) is 4.90 Å². The number of nitrogens with zero attached hydrogens (tertiary/aromatic N) is 2. The summed E-state index contributed by atoms with van der Waals surface area (Å²) in [5, 5.41) is 7.51. The van der Waals surface area contributed by atoms with Gasteiger partial charge >= 0.3 is 0 Å². The summed E-state index contributed by atoms with van der Waals surface area (Å²) in [5.41, 5.74) is 0. The van der Waals surface area contributed by atoms with Crippen molar-refractivity contribution in [2.45, 2.75) is 56.1 Å². The van der Waals surface area contributed by atoms with E-state index < -0.39 is 10.0 Å². The molecule has 1 aromatic rings. The van der Waals surface area contributed by atoms with Crippen molar-refractivity contribution in [3.8, 4) is 0 Å². The van der Waals surface area contributed by atoms with Crippen LogP contribution >= 0.6 is 0 Å². The summed E-state index contributed by atoms with van der Waals surface area (Å²) in [6.07, 6.45) is 7.41. The van der Waals surface area contributed by atoms with Crippen LogP contribution in [0, 0.1) is 5.92 Å². The van der Waals surface area contributed by atoms with Gasteiger partial charge in [0.2, 0.25) is 10.0 Å². The lowest BCUT2D eigenvalue weighted by Crippen LogP contribution is -2.43. The Morgan fingerprint density at radius 2 is 2.10 bits per heavy atom. The van der Waals surface area contributed by atoms with Crippen LogP contribution in [0.5, 0.6) is 0 Å². The Bertz CT molecular complexity index is 559. The second-order valence-corrected chi connectivity index (χ2v) is 7.78. The summed E-state index contributed by atoms with van der Waals surface area (Å²) in [7, 11) is -3.41. The highest BCUT2D eigenvalue weighted by Gasteiger charge is 2.30. The van der Waals surface area contributed by atoms with E-state index in [0.717, 1.165) is 19.4 Å². The van der Waals surface area contributed by atoms with E-state index in [1.54, 1.807) is 10.9 Å². The van der Waals surface area contributed by atoms with Crippen LogP contribution in [0.2, 0.25) is 0 Å². The third-order valence-corrected chi connectivity index (χ3v) is 5.44. The fourth-order valence-electron chi connectivity index (χ4n) is 2.56. The van der Waals surface area contributed by atoms with E-state index in [0.29, 0.717) is 18.5 Å². The number of aromatic nitrogens is 2. The molecule has 3 rings (SSSR count). The predicted molar refractivity (Wildman–Crippen MR) is 75.8 cm³/mol. The zero-order valence-electron chi connectivity index (χ0n) is 11.7. The van der Waals surface area contributed by atoms with Gasteiger partial charge in [0.25, 0.3) is 0 Å². The van der Waals surface area contributed by atoms with Gasteiger partial charge in [0.05, 0.1) is 12.7 Å². The van der Waals surface area contributed by atoms with Crippen LogP contribution in [0.25, 0.3) is 0 Å². The highest BCUT2D eigenvalue weighted by molar-refractivity contribution is 7.89. The molecule has 2 aliphatic rings. The molecule has 1 aromatic heterocycles. The first-order chi connectivity index (χ1) is 9.53. The van der Waals surface area contributed by atoms with Crippen molar-refractivity contribution in [3.63, 3.8) is 0 Å². The molecule has 2 aliphatic carbocycles. The molecule has 0 aromatic carbocycles. The van der Waals surface area contributed by atoms with Gasteiger partial charge < -0.3 is 5.32 Å². The fraction of sp³-hybridized carbons (Fsp3) is 0.769. The second-order valence-electron chi connectivity index (χ2n) is 6.06. The molecule has 2 N–H and O–H groups in total. The van der Waals surface area contributed by atoms with Crippen LogP contribution in [0.15, 0.2) is 17.3 Å².